The van der Waals surface area contributed by atoms with Crippen molar-refractivity contribution >= 4 is 5.97 Å². The lowest BCUT2D eigenvalue weighted by molar-refractivity contribution is 0.0523. The Kier molecular flexibility index (Phi) is 4.18. The molecule has 2 aromatic rings. The number of hydrogen-bond acceptors (Lipinski definition) is 3. The van der Waals surface area contributed by atoms with E-state index in [1.807, 2.05) is 49.4 Å². The van der Waals surface area contributed by atoms with Gasteiger partial charge in [0, 0.05) is 0 Å². The van der Waals surface area contributed by atoms with E-state index in [0.29, 0.717) is 23.7 Å². The van der Waals surface area contributed by atoms with Crippen molar-refractivity contribution < 1.29 is 14.3 Å². The maximum Gasteiger partial charge on any atom is 0.341 e. The molecule has 0 atom stereocenters. The third-order valence-corrected chi connectivity index (χ3v) is 2.67. The lowest BCUT2D eigenvalue weighted by atomic mass is 10.1. The molecule has 0 amide bonds. The van der Waals surface area contributed by atoms with Gasteiger partial charge in [-0.2, -0.15) is 0 Å². The van der Waals surface area contributed by atoms with Crippen LogP contribution in [0.2, 0.25) is 0 Å². The van der Waals surface area contributed by atoms with Gasteiger partial charge >= 0.3 is 5.97 Å². The lowest BCUT2D eigenvalue weighted by Crippen LogP contribution is -2.07. The van der Waals surface area contributed by atoms with E-state index >= 15 is 0 Å². The van der Waals surface area contributed by atoms with Gasteiger partial charge in [-0.1, -0.05) is 30.3 Å². The molecule has 0 aliphatic rings. The molecule has 0 aromatic heterocycles. The smallest absolute Gasteiger partial charge is 0.341 e. The Morgan fingerprint density at radius 3 is 2.47 bits per heavy atom. The monoisotopic (exact) mass is 256 g/mol. The van der Waals surface area contributed by atoms with E-state index in [2.05, 4.69) is 0 Å². The third kappa shape index (κ3) is 3.13. The van der Waals surface area contributed by atoms with Crippen LogP contribution in [0.15, 0.2) is 48.5 Å². The van der Waals surface area contributed by atoms with Crippen molar-refractivity contribution in [2.24, 2.45) is 0 Å². The topological polar surface area (TPSA) is 35.5 Å². The first-order valence-electron chi connectivity index (χ1n) is 6.22. The number of carbonyl (C=O) groups excluding carboxylic acids is 1. The van der Waals surface area contributed by atoms with E-state index in [-0.39, 0.29) is 5.97 Å². The van der Waals surface area contributed by atoms with E-state index in [4.69, 9.17) is 9.47 Å². The molecule has 0 N–H and O–H groups in total. The molecule has 0 saturated heterocycles. The van der Waals surface area contributed by atoms with Crippen LogP contribution in [-0.2, 0) is 4.74 Å². The fraction of sp³-hybridized carbons (Fsp3) is 0.188. The summed E-state index contributed by atoms with van der Waals surface area (Å²) < 4.78 is 10.8. The molecular weight excluding hydrogens is 240 g/mol. The van der Waals surface area contributed by atoms with Crippen LogP contribution in [0.25, 0.3) is 0 Å². The standard InChI is InChI=1S/C16H16O3/c1-3-18-16(17)14-11-7-8-12(2)15(14)19-13-9-5-4-6-10-13/h4-11H,3H2,1-2H3. The first-order valence-corrected chi connectivity index (χ1v) is 6.22. The minimum atomic E-state index is -0.364. The molecule has 0 radical (unpaired) electrons. The third-order valence-electron chi connectivity index (χ3n) is 2.67. The second-order valence-electron chi connectivity index (χ2n) is 4.09. The van der Waals surface area contributed by atoms with Gasteiger partial charge in [0.1, 0.15) is 17.1 Å². The van der Waals surface area contributed by atoms with E-state index < -0.39 is 0 Å². The van der Waals surface area contributed by atoms with Gasteiger partial charge in [0.05, 0.1) is 6.61 Å². The van der Waals surface area contributed by atoms with Gasteiger partial charge < -0.3 is 9.47 Å². The Morgan fingerprint density at radius 2 is 1.79 bits per heavy atom. The summed E-state index contributed by atoms with van der Waals surface area (Å²) in [6.45, 7) is 4.03. The zero-order valence-corrected chi connectivity index (χ0v) is 11.1. The van der Waals surface area contributed by atoms with E-state index in [1.165, 1.54) is 0 Å². The summed E-state index contributed by atoms with van der Waals surface area (Å²) in [4.78, 5) is 11.9. The Morgan fingerprint density at radius 1 is 1.05 bits per heavy atom. The predicted octanol–water partition coefficient (Wildman–Crippen LogP) is 3.96. The van der Waals surface area contributed by atoms with Crippen molar-refractivity contribution in [2.45, 2.75) is 13.8 Å². The zero-order valence-electron chi connectivity index (χ0n) is 11.1. The van der Waals surface area contributed by atoms with Gasteiger partial charge in [-0.3, -0.25) is 0 Å². The number of ether oxygens (including phenoxy) is 2. The predicted molar refractivity (Wildman–Crippen MR) is 73.7 cm³/mol. The van der Waals surface area contributed by atoms with Crippen LogP contribution in [0.5, 0.6) is 11.5 Å². The summed E-state index contributed by atoms with van der Waals surface area (Å²) in [6.07, 6.45) is 0. The van der Waals surface area contributed by atoms with E-state index in [1.54, 1.807) is 13.0 Å². The van der Waals surface area contributed by atoms with Crippen LogP contribution in [0.1, 0.15) is 22.8 Å². The number of esters is 1. The quantitative estimate of drug-likeness (QED) is 0.776. The number of para-hydroxylation sites is 2. The summed E-state index contributed by atoms with van der Waals surface area (Å²) in [6, 6.07) is 14.8. The normalized spacial score (nSPS) is 10.0. The molecule has 3 nitrogen and oxygen atoms in total. The summed E-state index contributed by atoms with van der Waals surface area (Å²) in [5.41, 5.74) is 1.35. The molecule has 0 aliphatic carbocycles. The molecule has 0 fully saturated rings. The molecule has 0 bridgehead atoms. The highest BCUT2D eigenvalue weighted by molar-refractivity contribution is 5.93. The molecule has 3 heteroatoms. The summed E-state index contributed by atoms with van der Waals surface area (Å²) in [5.74, 6) is 0.881. The minimum absolute atomic E-state index is 0.345. The first kappa shape index (κ1) is 13.1. The van der Waals surface area contributed by atoms with Gasteiger partial charge in [-0.15, -0.1) is 0 Å². The second kappa shape index (κ2) is 6.05. The Bertz CT molecular complexity index is 561. The highest BCUT2D eigenvalue weighted by atomic mass is 16.5. The second-order valence-corrected chi connectivity index (χ2v) is 4.09. The highest BCUT2D eigenvalue weighted by Gasteiger charge is 2.16. The first-order chi connectivity index (χ1) is 9.22. The van der Waals surface area contributed by atoms with Crippen molar-refractivity contribution in [1.82, 2.24) is 0 Å². The summed E-state index contributed by atoms with van der Waals surface area (Å²) >= 11 is 0. The molecule has 0 unspecified atom stereocenters. The maximum absolute atomic E-state index is 11.9. The van der Waals surface area contributed by atoms with Gasteiger partial charge in [0.2, 0.25) is 0 Å². The molecule has 0 spiro atoms. The van der Waals surface area contributed by atoms with Gasteiger partial charge in [0.25, 0.3) is 0 Å². The van der Waals surface area contributed by atoms with Gasteiger partial charge in [0.15, 0.2) is 0 Å². The molecule has 2 aromatic carbocycles. The largest absolute Gasteiger partial charge is 0.462 e. The fourth-order valence-corrected chi connectivity index (χ4v) is 1.76. The number of hydrogen-bond donors (Lipinski definition) is 0. The van der Waals surface area contributed by atoms with Crippen molar-refractivity contribution in [1.29, 1.82) is 0 Å². The maximum atomic E-state index is 11.9. The van der Waals surface area contributed by atoms with Crippen LogP contribution < -0.4 is 4.74 Å². The van der Waals surface area contributed by atoms with Gasteiger partial charge in [-0.05, 0) is 37.6 Å². The molecule has 0 aliphatic heterocycles. The fourth-order valence-electron chi connectivity index (χ4n) is 1.76. The van der Waals surface area contributed by atoms with Crippen molar-refractivity contribution in [3.63, 3.8) is 0 Å². The number of benzene rings is 2. The number of rotatable bonds is 4. The van der Waals surface area contributed by atoms with Crippen LogP contribution in [0, 0.1) is 6.92 Å². The molecule has 0 saturated carbocycles. The Balaban J connectivity index is 2.36. The lowest BCUT2D eigenvalue weighted by Gasteiger charge is -2.12. The van der Waals surface area contributed by atoms with Crippen molar-refractivity contribution in [3.8, 4) is 11.5 Å². The number of aryl methyl sites for hydroxylation is 1. The Hall–Kier alpha value is -2.29. The average molecular weight is 256 g/mol. The van der Waals surface area contributed by atoms with Crippen molar-refractivity contribution in [2.75, 3.05) is 6.61 Å². The van der Waals surface area contributed by atoms with Crippen LogP contribution in [-0.4, -0.2) is 12.6 Å². The minimum Gasteiger partial charge on any atom is -0.462 e. The van der Waals surface area contributed by atoms with Crippen LogP contribution in [0.4, 0.5) is 0 Å². The molecule has 19 heavy (non-hydrogen) atoms. The Labute approximate surface area is 112 Å². The van der Waals surface area contributed by atoms with Crippen molar-refractivity contribution in [3.05, 3.63) is 59.7 Å². The van der Waals surface area contributed by atoms with E-state index in [0.717, 1.165) is 5.56 Å². The van der Waals surface area contributed by atoms with E-state index in [9.17, 15) is 4.79 Å². The molecule has 0 heterocycles. The summed E-state index contributed by atoms with van der Waals surface area (Å²) in [7, 11) is 0. The number of carbonyl (C=O) groups is 1. The molecule has 98 valence electrons. The molecular formula is C16H16O3. The summed E-state index contributed by atoms with van der Waals surface area (Å²) in [5, 5.41) is 0. The highest BCUT2D eigenvalue weighted by Crippen LogP contribution is 2.29. The average Bonchev–Trinajstić information content (AvgIpc) is 2.42. The molecule has 2 rings (SSSR count). The van der Waals surface area contributed by atoms with Gasteiger partial charge in [-0.25, -0.2) is 4.79 Å². The SMILES string of the molecule is CCOC(=O)c1cccc(C)c1Oc1ccccc1. The van der Waals surface area contributed by atoms with Crippen LogP contribution >= 0.6 is 0 Å². The zero-order chi connectivity index (χ0) is 13.7. The van der Waals surface area contributed by atoms with Crippen LogP contribution in [0.3, 0.4) is 0 Å².